The number of nitrogens with one attached hydrogen (secondary N) is 1. The van der Waals surface area contributed by atoms with Gasteiger partial charge >= 0.3 is 17.6 Å². The minimum atomic E-state index is -1.27. The molecule has 0 saturated carbocycles. The van der Waals surface area contributed by atoms with Crippen molar-refractivity contribution in [3.8, 4) is 0 Å². The zero-order valence-corrected chi connectivity index (χ0v) is 19.3. The molecule has 4 rings (SSSR count). The molecule has 2 aromatic carbocycles. The summed E-state index contributed by atoms with van der Waals surface area (Å²) in [4.78, 5) is 51.5. The van der Waals surface area contributed by atoms with E-state index in [0.717, 1.165) is 0 Å². The average Bonchev–Trinajstić information content (AvgIpc) is 3.23. The van der Waals surface area contributed by atoms with E-state index in [4.69, 9.17) is 37.4 Å². The molecule has 12 heteroatoms. The largest absolute Gasteiger partial charge is 0.459 e. The Morgan fingerprint density at radius 2 is 1.57 bits per heavy atom. The summed E-state index contributed by atoms with van der Waals surface area (Å²) >= 11 is 11.7. The Balaban J connectivity index is 1.55. The van der Waals surface area contributed by atoms with Crippen LogP contribution in [0.25, 0.3) is 0 Å². The lowest BCUT2D eigenvalue weighted by Gasteiger charge is -2.19. The van der Waals surface area contributed by atoms with Gasteiger partial charge in [-0.15, -0.1) is 0 Å². The van der Waals surface area contributed by atoms with Crippen LogP contribution in [0.15, 0.2) is 64.3 Å². The summed E-state index contributed by atoms with van der Waals surface area (Å²) in [6, 6.07) is 11.9. The van der Waals surface area contributed by atoms with Crippen molar-refractivity contribution in [2.45, 2.75) is 24.9 Å². The van der Waals surface area contributed by atoms with Gasteiger partial charge in [0.1, 0.15) is 25.0 Å². The van der Waals surface area contributed by atoms with Crippen LogP contribution in [-0.4, -0.2) is 40.3 Å². The number of halogens is 3. The zero-order chi connectivity index (χ0) is 25.1. The molecule has 3 atom stereocenters. The van der Waals surface area contributed by atoms with Crippen LogP contribution in [0.4, 0.5) is 4.39 Å². The molecule has 0 bridgehead atoms. The molecule has 3 aromatic rings. The fraction of sp³-hybridized carbons (Fsp3) is 0.217. The lowest BCUT2D eigenvalue weighted by Crippen LogP contribution is -2.39. The summed E-state index contributed by atoms with van der Waals surface area (Å²) in [6.45, 7) is -0.376. The van der Waals surface area contributed by atoms with Gasteiger partial charge in [0.25, 0.3) is 5.56 Å². The Morgan fingerprint density at radius 1 is 1.00 bits per heavy atom. The lowest BCUT2D eigenvalue weighted by atomic mass is 10.1. The molecule has 2 heterocycles. The molecule has 0 spiro atoms. The van der Waals surface area contributed by atoms with E-state index in [1.807, 2.05) is 0 Å². The molecule has 0 aliphatic carbocycles. The Hall–Kier alpha value is -3.47. The monoisotopic (exact) mass is 522 g/mol. The van der Waals surface area contributed by atoms with Crippen LogP contribution in [0.2, 0.25) is 10.0 Å². The van der Waals surface area contributed by atoms with Gasteiger partial charge in [-0.3, -0.25) is 4.79 Å². The van der Waals surface area contributed by atoms with Crippen molar-refractivity contribution >= 4 is 35.1 Å². The second kappa shape index (κ2) is 10.4. The first-order valence-electron chi connectivity index (χ1n) is 10.3. The van der Waals surface area contributed by atoms with Crippen LogP contribution >= 0.6 is 23.2 Å². The van der Waals surface area contributed by atoms with Crippen molar-refractivity contribution in [1.82, 2.24) is 9.55 Å². The Morgan fingerprint density at radius 3 is 2.17 bits per heavy atom. The number of hydrogen-bond acceptors (Lipinski definition) is 7. The van der Waals surface area contributed by atoms with Gasteiger partial charge < -0.3 is 19.2 Å². The number of aromatic amines is 1. The maximum absolute atomic E-state index is 13.8. The number of carbonyl (C=O) groups is 2. The second-order valence-corrected chi connectivity index (χ2v) is 8.41. The van der Waals surface area contributed by atoms with Gasteiger partial charge in [0.05, 0.1) is 11.1 Å². The predicted molar refractivity (Wildman–Crippen MR) is 122 cm³/mol. The summed E-state index contributed by atoms with van der Waals surface area (Å²) < 4.78 is 30.9. The maximum Gasteiger partial charge on any atom is 0.338 e. The molecule has 1 aromatic heterocycles. The van der Waals surface area contributed by atoms with Gasteiger partial charge in [-0.2, -0.15) is 4.39 Å². The van der Waals surface area contributed by atoms with E-state index in [1.165, 1.54) is 48.5 Å². The van der Waals surface area contributed by atoms with Gasteiger partial charge in [-0.1, -0.05) is 23.2 Å². The van der Waals surface area contributed by atoms with Crippen LogP contribution in [0.1, 0.15) is 33.4 Å². The number of rotatable bonds is 6. The number of aromatic nitrogens is 2. The van der Waals surface area contributed by atoms with Gasteiger partial charge in [0.15, 0.2) is 0 Å². The third-order valence-corrected chi connectivity index (χ3v) is 5.73. The van der Waals surface area contributed by atoms with Crippen LogP contribution in [0.3, 0.4) is 0 Å². The third-order valence-electron chi connectivity index (χ3n) is 5.23. The number of esters is 2. The van der Waals surface area contributed by atoms with Crippen molar-refractivity contribution < 1.29 is 28.2 Å². The molecule has 9 nitrogen and oxygen atoms in total. The fourth-order valence-corrected chi connectivity index (χ4v) is 3.73. The number of ether oxygens (including phenoxy) is 3. The Labute approximate surface area is 207 Å². The Bertz CT molecular complexity index is 1360. The predicted octanol–water partition coefficient (Wildman–Crippen LogP) is 3.35. The molecule has 1 fully saturated rings. The minimum Gasteiger partial charge on any atom is -0.459 e. The van der Waals surface area contributed by atoms with Crippen molar-refractivity contribution in [2.24, 2.45) is 0 Å². The van der Waals surface area contributed by atoms with Gasteiger partial charge in [-0.25, -0.2) is 19.0 Å². The smallest absolute Gasteiger partial charge is 0.338 e. The molecule has 1 aliphatic heterocycles. The van der Waals surface area contributed by atoms with Crippen LogP contribution < -0.4 is 11.2 Å². The molecular weight excluding hydrogens is 506 g/mol. The van der Waals surface area contributed by atoms with Crippen molar-refractivity contribution in [3.05, 3.63) is 103 Å². The molecule has 1 saturated heterocycles. The summed E-state index contributed by atoms with van der Waals surface area (Å²) in [5.41, 5.74) is -1.71. The van der Waals surface area contributed by atoms with Crippen molar-refractivity contribution in [2.75, 3.05) is 6.61 Å². The molecular formula is C23H17Cl2FN2O7. The maximum atomic E-state index is 13.8. The van der Waals surface area contributed by atoms with E-state index in [1.54, 1.807) is 0 Å². The first-order chi connectivity index (χ1) is 16.7. The number of carbonyl (C=O) groups excluding carboxylic acids is 2. The first kappa shape index (κ1) is 24.6. The van der Waals surface area contributed by atoms with Crippen molar-refractivity contribution in [3.63, 3.8) is 0 Å². The first-order valence-corrected chi connectivity index (χ1v) is 11.0. The lowest BCUT2D eigenvalue weighted by molar-refractivity contribution is -0.0592. The number of benzene rings is 2. The van der Waals surface area contributed by atoms with E-state index in [-0.39, 0.29) is 24.2 Å². The zero-order valence-electron chi connectivity index (χ0n) is 17.8. The fourth-order valence-electron chi connectivity index (χ4n) is 3.48. The highest BCUT2D eigenvalue weighted by molar-refractivity contribution is 6.31. The quantitative estimate of drug-likeness (QED) is 0.493. The molecule has 1 aliphatic rings. The van der Waals surface area contributed by atoms with Crippen LogP contribution in [-0.2, 0) is 14.2 Å². The second-order valence-electron chi connectivity index (χ2n) is 7.54. The van der Waals surface area contributed by atoms with Crippen LogP contribution in [0, 0.1) is 5.82 Å². The molecule has 35 heavy (non-hydrogen) atoms. The van der Waals surface area contributed by atoms with E-state index in [9.17, 15) is 23.6 Å². The van der Waals surface area contributed by atoms with Gasteiger partial charge in [0, 0.05) is 22.7 Å². The molecule has 1 N–H and O–H groups in total. The summed E-state index contributed by atoms with van der Waals surface area (Å²) in [7, 11) is 0. The average molecular weight is 523 g/mol. The highest BCUT2D eigenvalue weighted by Gasteiger charge is 2.41. The third kappa shape index (κ3) is 5.61. The molecule has 0 radical (unpaired) electrons. The van der Waals surface area contributed by atoms with Gasteiger partial charge in [0.2, 0.25) is 5.82 Å². The Kier molecular flexibility index (Phi) is 7.34. The van der Waals surface area contributed by atoms with E-state index >= 15 is 0 Å². The van der Waals surface area contributed by atoms with Crippen LogP contribution in [0.5, 0.6) is 0 Å². The summed E-state index contributed by atoms with van der Waals surface area (Å²) in [5.74, 6) is -2.62. The highest BCUT2D eigenvalue weighted by Crippen LogP contribution is 2.30. The normalized spacial score (nSPS) is 19.3. The summed E-state index contributed by atoms with van der Waals surface area (Å²) in [5, 5.41) is 0.853. The minimum absolute atomic E-state index is 0.172. The molecule has 182 valence electrons. The topological polar surface area (TPSA) is 117 Å². The number of nitrogens with zero attached hydrogens (tertiary/aromatic N) is 1. The van der Waals surface area contributed by atoms with E-state index < -0.39 is 47.4 Å². The molecule has 0 amide bonds. The van der Waals surface area contributed by atoms with E-state index in [0.29, 0.717) is 20.8 Å². The van der Waals surface area contributed by atoms with Crippen molar-refractivity contribution in [1.29, 1.82) is 0 Å². The summed E-state index contributed by atoms with van der Waals surface area (Å²) in [6.07, 6.45) is -2.89. The molecule has 2 unspecified atom stereocenters. The number of hydrogen-bond donors (Lipinski definition) is 1. The number of H-pyrrole nitrogens is 1. The SMILES string of the molecule is O=C(OCC1O[C@@H](n2c(=O)[nH]cc(F)c2=O)CC1OC(=O)c1ccc(Cl)cc1)c1ccc(Cl)cc1. The highest BCUT2D eigenvalue weighted by atomic mass is 35.5. The van der Waals surface area contributed by atoms with Gasteiger partial charge in [-0.05, 0) is 48.5 Å². The van der Waals surface area contributed by atoms with E-state index in [2.05, 4.69) is 4.98 Å². The standard InChI is InChI=1S/C23H17Cl2FN2O7/c24-14-5-1-12(2-6-14)21(30)33-11-18-17(35-22(31)13-3-7-15(25)8-4-13)9-19(34-18)28-20(29)16(26)10-27-23(28)32/h1-8,10,17-19H,9,11H2,(H,27,32)/t17?,18?,19-/m1/s1.